The van der Waals surface area contributed by atoms with Gasteiger partial charge in [-0.2, -0.15) is 0 Å². The van der Waals surface area contributed by atoms with Crippen LogP contribution in [-0.2, 0) is 11.2 Å². The van der Waals surface area contributed by atoms with Gasteiger partial charge >= 0.3 is 5.97 Å². The van der Waals surface area contributed by atoms with Gasteiger partial charge in [-0.3, -0.25) is 9.59 Å². The van der Waals surface area contributed by atoms with E-state index in [-0.39, 0.29) is 12.5 Å². The maximum atomic E-state index is 12.2. The van der Waals surface area contributed by atoms with Crippen molar-refractivity contribution in [2.75, 3.05) is 13.1 Å². The lowest BCUT2D eigenvalue weighted by atomic mass is 10.2. The van der Waals surface area contributed by atoms with Crippen LogP contribution in [0.2, 0.25) is 0 Å². The van der Waals surface area contributed by atoms with E-state index in [1.54, 1.807) is 0 Å². The molecule has 0 unspecified atom stereocenters. The van der Waals surface area contributed by atoms with Crippen LogP contribution in [0.5, 0.6) is 0 Å². The lowest BCUT2D eigenvalue weighted by Gasteiger charge is -2.19. The molecule has 100 valence electrons. The number of rotatable bonds is 7. The van der Waals surface area contributed by atoms with Crippen molar-refractivity contribution in [1.29, 1.82) is 0 Å². The van der Waals surface area contributed by atoms with E-state index in [9.17, 15) is 9.59 Å². The summed E-state index contributed by atoms with van der Waals surface area (Å²) in [6.07, 6.45) is 2.28. The molecule has 1 amide bonds. The first-order valence-electron chi connectivity index (χ1n) is 5.92. The van der Waals surface area contributed by atoms with Gasteiger partial charge in [0.2, 0.25) is 0 Å². The lowest BCUT2D eigenvalue weighted by Crippen LogP contribution is -2.36. The Bertz CT molecular complexity index is 419. The molecule has 0 aromatic carbocycles. The third-order valence-corrected chi connectivity index (χ3v) is 3.10. The molecule has 0 saturated carbocycles. The highest BCUT2D eigenvalue weighted by Crippen LogP contribution is 2.15. The first-order chi connectivity index (χ1) is 8.60. The molecule has 0 bridgehead atoms. The molecule has 0 radical (unpaired) electrons. The summed E-state index contributed by atoms with van der Waals surface area (Å²) in [5.74, 6) is -1.29. The standard InChI is InChI=1S/C11H17N3O3S/c1-3-5-8-10(18-13-12-8)11(17)14(6-4-2)7-9(15)16/h3-7H2,1-2H3,(H,15,16). The van der Waals surface area contributed by atoms with Crippen LogP contribution >= 0.6 is 11.5 Å². The van der Waals surface area contributed by atoms with E-state index < -0.39 is 5.97 Å². The van der Waals surface area contributed by atoms with E-state index >= 15 is 0 Å². The van der Waals surface area contributed by atoms with Crippen LogP contribution in [0, 0.1) is 0 Å². The Kier molecular flexibility index (Phi) is 5.70. The summed E-state index contributed by atoms with van der Waals surface area (Å²) in [5, 5.41) is 12.7. The number of aromatic nitrogens is 2. The molecule has 18 heavy (non-hydrogen) atoms. The predicted molar refractivity (Wildman–Crippen MR) is 67.7 cm³/mol. The Morgan fingerprint density at radius 3 is 2.61 bits per heavy atom. The fourth-order valence-electron chi connectivity index (χ4n) is 1.60. The van der Waals surface area contributed by atoms with Gasteiger partial charge in [-0.05, 0) is 24.4 Å². The zero-order valence-corrected chi connectivity index (χ0v) is 11.4. The molecule has 0 aliphatic heterocycles. The van der Waals surface area contributed by atoms with Crippen molar-refractivity contribution in [3.63, 3.8) is 0 Å². The number of amides is 1. The van der Waals surface area contributed by atoms with E-state index in [1.807, 2.05) is 13.8 Å². The smallest absolute Gasteiger partial charge is 0.323 e. The summed E-state index contributed by atoms with van der Waals surface area (Å²) in [6.45, 7) is 4.04. The first kappa shape index (κ1) is 14.6. The van der Waals surface area contributed by atoms with Crippen molar-refractivity contribution in [3.8, 4) is 0 Å². The van der Waals surface area contributed by atoms with E-state index in [4.69, 9.17) is 5.11 Å². The molecule has 0 aliphatic rings. The van der Waals surface area contributed by atoms with E-state index in [2.05, 4.69) is 9.59 Å². The molecule has 0 aliphatic carbocycles. The molecular weight excluding hydrogens is 254 g/mol. The number of hydrogen-bond acceptors (Lipinski definition) is 5. The Balaban J connectivity index is 2.86. The van der Waals surface area contributed by atoms with Crippen molar-refractivity contribution >= 4 is 23.4 Å². The number of carbonyl (C=O) groups is 2. The summed E-state index contributed by atoms with van der Waals surface area (Å²) in [4.78, 5) is 24.8. The number of carboxylic acids is 1. The molecule has 1 aromatic rings. The average Bonchev–Trinajstić information content (AvgIpc) is 2.76. The van der Waals surface area contributed by atoms with E-state index in [0.29, 0.717) is 30.0 Å². The van der Waals surface area contributed by atoms with Crippen LogP contribution in [0.4, 0.5) is 0 Å². The number of aryl methyl sites for hydroxylation is 1. The molecule has 0 fully saturated rings. The third-order valence-electron chi connectivity index (χ3n) is 2.34. The minimum absolute atomic E-state index is 0.280. The van der Waals surface area contributed by atoms with Gasteiger partial charge in [-0.1, -0.05) is 24.8 Å². The maximum absolute atomic E-state index is 12.2. The summed E-state index contributed by atoms with van der Waals surface area (Å²) in [6, 6.07) is 0. The Hall–Kier alpha value is -1.50. The largest absolute Gasteiger partial charge is 0.480 e. The molecule has 0 saturated heterocycles. The van der Waals surface area contributed by atoms with Crippen LogP contribution in [0.3, 0.4) is 0 Å². The average molecular weight is 271 g/mol. The zero-order chi connectivity index (χ0) is 13.5. The highest BCUT2D eigenvalue weighted by Gasteiger charge is 2.23. The van der Waals surface area contributed by atoms with E-state index in [1.165, 1.54) is 4.90 Å². The third kappa shape index (κ3) is 3.76. The number of nitrogens with zero attached hydrogens (tertiary/aromatic N) is 3. The Morgan fingerprint density at radius 2 is 2.06 bits per heavy atom. The molecule has 0 spiro atoms. The van der Waals surface area contributed by atoms with Gasteiger partial charge in [-0.25, -0.2) is 0 Å². The molecular formula is C11H17N3O3S. The fourth-order valence-corrected chi connectivity index (χ4v) is 2.28. The summed E-state index contributed by atoms with van der Waals surface area (Å²) in [7, 11) is 0. The van der Waals surface area contributed by atoms with E-state index in [0.717, 1.165) is 18.0 Å². The second-order valence-electron chi connectivity index (χ2n) is 3.92. The molecule has 1 heterocycles. The van der Waals surface area contributed by atoms with Crippen LogP contribution in [0.25, 0.3) is 0 Å². The van der Waals surface area contributed by atoms with Gasteiger partial charge in [0.25, 0.3) is 5.91 Å². The highest BCUT2D eigenvalue weighted by atomic mass is 32.1. The van der Waals surface area contributed by atoms with Gasteiger partial charge in [0.1, 0.15) is 11.4 Å². The van der Waals surface area contributed by atoms with Gasteiger partial charge in [0.15, 0.2) is 0 Å². The summed E-state index contributed by atoms with van der Waals surface area (Å²) >= 11 is 1.03. The molecule has 6 nitrogen and oxygen atoms in total. The topological polar surface area (TPSA) is 83.4 Å². The minimum Gasteiger partial charge on any atom is -0.480 e. The Morgan fingerprint density at radius 1 is 1.33 bits per heavy atom. The van der Waals surface area contributed by atoms with Gasteiger partial charge in [0.05, 0.1) is 5.69 Å². The summed E-state index contributed by atoms with van der Waals surface area (Å²) in [5.41, 5.74) is 0.666. The van der Waals surface area contributed by atoms with Crippen molar-refractivity contribution in [2.24, 2.45) is 0 Å². The predicted octanol–water partition coefficient (Wildman–Crippen LogP) is 1.43. The lowest BCUT2D eigenvalue weighted by molar-refractivity contribution is -0.137. The van der Waals surface area contributed by atoms with Crippen LogP contribution < -0.4 is 0 Å². The SMILES string of the molecule is CCCc1nnsc1C(=O)N(CCC)CC(=O)O. The number of carboxylic acid groups (broad SMARTS) is 1. The first-order valence-corrected chi connectivity index (χ1v) is 6.69. The molecule has 1 N–H and O–H groups in total. The second-order valence-corrected chi connectivity index (χ2v) is 4.67. The van der Waals surface area contributed by atoms with Crippen molar-refractivity contribution in [1.82, 2.24) is 14.5 Å². The van der Waals surface area contributed by atoms with Crippen LogP contribution in [0.1, 0.15) is 42.1 Å². The van der Waals surface area contributed by atoms with Gasteiger partial charge in [0, 0.05) is 6.54 Å². The van der Waals surface area contributed by atoms with Crippen LogP contribution in [0.15, 0.2) is 0 Å². The van der Waals surface area contributed by atoms with Gasteiger partial charge in [-0.15, -0.1) is 5.10 Å². The second kappa shape index (κ2) is 7.05. The number of carbonyl (C=O) groups excluding carboxylic acids is 1. The monoisotopic (exact) mass is 271 g/mol. The number of aliphatic carboxylic acids is 1. The summed E-state index contributed by atoms with van der Waals surface area (Å²) < 4.78 is 3.78. The van der Waals surface area contributed by atoms with Crippen molar-refractivity contribution in [2.45, 2.75) is 33.1 Å². The normalized spacial score (nSPS) is 10.3. The van der Waals surface area contributed by atoms with Crippen LogP contribution in [-0.4, -0.2) is 44.6 Å². The Labute approximate surface area is 110 Å². The fraction of sp³-hybridized carbons (Fsp3) is 0.636. The molecule has 1 aromatic heterocycles. The molecule has 0 atom stereocenters. The highest BCUT2D eigenvalue weighted by molar-refractivity contribution is 7.08. The van der Waals surface area contributed by atoms with Crippen molar-refractivity contribution < 1.29 is 14.7 Å². The van der Waals surface area contributed by atoms with Gasteiger partial charge < -0.3 is 10.0 Å². The maximum Gasteiger partial charge on any atom is 0.323 e. The number of hydrogen-bond donors (Lipinski definition) is 1. The quantitative estimate of drug-likeness (QED) is 0.811. The minimum atomic E-state index is -1.01. The molecule has 7 heteroatoms. The zero-order valence-electron chi connectivity index (χ0n) is 10.5. The van der Waals surface area contributed by atoms with Crippen molar-refractivity contribution in [3.05, 3.63) is 10.6 Å². The molecule has 1 rings (SSSR count).